The summed E-state index contributed by atoms with van der Waals surface area (Å²) in [5.74, 6) is -2.83. The first-order valence-corrected chi connectivity index (χ1v) is 12.9. The van der Waals surface area contributed by atoms with E-state index in [1.165, 1.54) is 24.3 Å². The van der Waals surface area contributed by atoms with Gasteiger partial charge in [0.15, 0.2) is 0 Å². The number of esters is 4. The smallest absolute Gasteiger partial charge is 0.346 e. The number of cyclic esters (lactones) is 4. The quantitative estimate of drug-likeness (QED) is 0.172. The predicted molar refractivity (Wildman–Crippen MR) is 151 cm³/mol. The van der Waals surface area contributed by atoms with Crippen LogP contribution >= 0.6 is 46.4 Å². The third-order valence-corrected chi connectivity index (χ3v) is 7.50. The lowest BCUT2D eigenvalue weighted by molar-refractivity contribution is 0.0425. The Balaban J connectivity index is 1.27. The van der Waals surface area contributed by atoms with E-state index >= 15 is 0 Å². The van der Waals surface area contributed by atoms with E-state index in [2.05, 4.69) is 20.1 Å². The number of anilines is 4. The predicted octanol–water partition coefficient (Wildman–Crippen LogP) is 8.08. The van der Waals surface area contributed by atoms with Crippen LogP contribution in [-0.4, -0.2) is 23.9 Å². The van der Waals surface area contributed by atoms with Crippen LogP contribution in [0.1, 0.15) is 41.4 Å². The summed E-state index contributed by atoms with van der Waals surface area (Å²) in [6.45, 7) is 0. The molecule has 0 aromatic heterocycles. The number of ether oxygens (including phenoxy) is 2. The summed E-state index contributed by atoms with van der Waals surface area (Å²) in [7, 11) is 0. The Morgan fingerprint density at radius 2 is 0.800 bits per heavy atom. The molecule has 0 unspecified atom stereocenters. The van der Waals surface area contributed by atoms with Gasteiger partial charge in [-0.25, -0.2) is 19.2 Å². The first kappa shape index (κ1) is 26.2. The maximum absolute atomic E-state index is 11.9. The van der Waals surface area contributed by atoms with E-state index in [1.807, 2.05) is 0 Å². The first-order chi connectivity index (χ1) is 19.1. The van der Waals surface area contributed by atoms with Crippen LogP contribution in [-0.2, 0) is 9.47 Å². The van der Waals surface area contributed by atoms with E-state index in [9.17, 15) is 19.2 Å². The molecule has 0 fully saturated rings. The Labute approximate surface area is 245 Å². The Bertz CT molecular complexity index is 1710. The second-order valence-corrected chi connectivity index (χ2v) is 10.4. The van der Waals surface area contributed by atoms with Gasteiger partial charge in [-0.05, 0) is 60.7 Å². The average molecular weight is 614 g/mol. The SMILES string of the molecule is O=C1OC(=O)c2cc(Nc3cc(Cl)c(-c4cc(Cl)c(Nc5ccc6c(c5)C(=O)OC6=O)cc4Cl)cc3Cl)ccc21. The minimum absolute atomic E-state index is 0.150. The van der Waals surface area contributed by atoms with Crippen LogP contribution < -0.4 is 10.6 Å². The van der Waals surface area contributed by atoms with Gasteiger partial charge in [0.2, 0.25) is 0 Å². The number of benzene rings is 4. The summed E-state index contributed by atoms with van der Waals surface area (Å²) in [5.41, 5.74) is 3.59. The highest BCUT2D eigenvalue weighted by Crippen LogP contribution is 2.43. The molecule has 4 aromatic carbocycles. The molecule has 4 aromatic rings. The van der Waals surface area contributed by atoms with Gasteiger partial charge in [0, 0.05) is 22.5 Å². The molecule has 8 nitrogen and oxygen atoms in total. The molecule has 0 bridgehead atoms. The highest BCUT2D eigenvalue weighted by atomic mass is 35.5. The molecule has 2 aliphatic heterocycles. The Morgan fingerprint density at radius 1 is 0.425 bits per heavy atom. The average Bonchev–Trinajstić information content (AvgIpc) is 3.36. The van der Waals surface area contributed by atoms with Crippen molar-refractivity contribution in [2.45, 2.75) is 0 Å². The topological polar surface area (TPSA) is 111 Å². The molecule has 0 atom stereocenters. The molecule has 2 heterocycles. The minimum atomic E-state index is -0.721. The molecule has 12 heteroatoms. The van der Waals surface area contributed by atoms with Gasteiger partial charge in [-0.2, -0.15) is 0 Å². The van der Waals surface area contributed by atoms with Crippen LogP contribution in [0.5, 0.6) is 0 Å². The normalized spacial score (nSPS) is 13.6. The van der Waals surface area contributed by atoms with E-state index < -0.39 is 23.9 Å². The van der Waals surface area contributed by atoms with E-state index in [0.717, 1.165) is 0 Å². The zero-order valence-electron chi connectivity index (χ0n) is 19.7. The van der Waals surface area contributed by atoms with Gasteiger partial charge in [-0.15, -0.1) is 0 Å². The van der Waals surface area contributed by atoms with Gasteiger partial charge < -0.3 is 20.1 Å². The monoisotopic (exact) mass is 612 g/mol. The van der Waals surface area contributed by atoms with Gasteiger partial charge in [0.25, 0.3) is 0 Å². The van der Waals surface area contributed by atoms with Gasteiger partial charge in [-0.3, -0.25) is 0 Å². The maximum atomic E-state index is 11.9. The van der Waals surface area contributed by atoms with Crippen molar-refractivity contribution in [3.63, 3.8) is 0 Å². The number of nitrogens with one attached hydrogen (secondary N) is 2. The number of carbonyl (C=O) groups is 4. The van der Waals surface area contributed by atoms with E-state index in [1.54, 1.807) is 36.4 Å². The third kappa shape index (κ3) is 4.55. The fourth-order valence-electron chi connectivity index (χ4n) is 4.34. The lowest BCUT2D eigenvalue weighted by Crippen LogP contribution is -1.98. The van der Waals surface area contributed by atoms with Gasteiger partial charge in [0.1, 0.15) is 0 Å². The lowest BCUT2D eigenvalue weighted by Gasteiger charge is -2.16. The van der Waals surface area contributed by atoms with Crippen molar-refractivity contribution in [1.29, 1.82) is 0 Å². The number of carbonyl (C=O) groups excluding carboxylic acids is 4. The molecule has 0 amide bonds. The molecule has 0 saturated heterocycles. The highest BCUT2D eigenvalue weighted by Gasteiger charge is 2.30. The number of fused-ring (bicyclic) bond motifs is 2. The molecule has 198 valence electrons. The van der Waals surface area contributed by atoms with Crippen LogP contribution in [0.4, 0.5) is 22.7 Å². The number of rotatable bonds is 5. The van der Waals surface area contributed by atoms with Crippen molar-refractivity contribution < 1.29 is 28.7 Å². The number of halogens is 4. The van der Waals surface area contributed by atoms with Gasteiger partial charge in [0.05, 0.1) is 53.7 Å². The molecule has 2 aliphatic rings. The fraction of sp³-hybridized carbons (Fsp3) is 0. The second-order valence-electron chi connectivity index (χ2n) is 8.75. The van der Waals surface area contributed by atoms with E-state index in [0.29, 0.717) is 54.0 Å². The van der Waals surface area contributed by atoms with Crippen molar-refractivity contribution in [2.75, 3.05) is 10.6 Å². The standard InChI is InChI=1S/C28H12Cl4N2O6/c29-19-9-23(33-11-1-3-13-17(5-11)27(37)39-25(13)35)21(31)7-15(19)16-8-22(32)24(10-20(16)30)34-12-2-4-14-18(6-12)28(38)40-26(14)36/h1-10,33-34H. The summed E-state index contributed by atoms with van der Waals surface area (Å²) in [5, 5.41) is 7.38. The van der Waals surface area contributed by atoms with Crippen molar-refractivity contribution in [2.24, 2.45) is 0 Å². The van der Waals surface area contributed by atoms with Crippen molar-refractivity contribution in [3.8, 4) is 11.1 Å². The van der Waals surface area contributed by atoms with Crippen LogP contribution in [0, 0.1) is 0 Å². The zero-order valence-corrected chi connectivity index (χ0v) is 22.8. The maximum Gasteiger partial charge on any atom is 0.346 e. The first-order valence-electron chi connectivity index (χ1n) is 11.4. The largest absolute Gasteiger partial charge is 0.386 e. The second kappa shape index (κ2) is 9.83. The lowest BCUT2D eigenvalue weighted by atomic mass is 10.0. The summed E-state index contributed by atoms with van der Waals surface area (Å²) in [6, 6.07) is 15.6. The van der Waals surface area contributed by atoms with Crippen molar-refractivity contribution in [1.82, 2.24) is 0 Å². The molecule has 2 N–H and O–H groups in total. The molecule has 0 spiro atoms. The summed E-state index contributed by atoms with van der Waals surface area (Å²) < 4.78 is 9.24. The molecule has 0 radical (unpaired) electrons. The van der Waals surface area contributed by atoms with Crippen molar-refractivity contribution >= 4 is 93.0 Å². The summed E-state index contributed by atoms with van der Waals surface area (Å²) in [4.78, 5) is 47.1. The van der Waals surface area contributed by atoms with E-state index in [4.69, 9.17) is 46.4 Å². The molecular formula is C28H12Cl4N2O6. The Kier molecular flexibility index (Phi) is 6.43. The summed E-state index contributed by atoms with van der Waals surface area (Å²) in [6.07, 6.45) is 0. The van der Waals surface area contributed by atoms with Gasteiger partial charge >= 0.3 is 23.9 Å². The molecular weight excluding hydrogens is 602 g/mol. The molecule has 6 rings (SSSR count). The van der Waals surface area contributed by atoms with Crippen LogP contribution in [0.15, 0.2) is 60.7 Å². The van der Waals surface area contributed by atoms with Crippen LogP contribution in [0.25, 0.3) is 11.1 Å². The van der Waals surface area contributed by atoms with E-state index in [-0.39, 0.29) is 22.3 Å². The van der Waals surface area contributed by atoms with Gasteiger partial charge in [-0.1, -0.05) is 46.4 Å². The highest BCUT2D eigenvalue weighted by molar-refractivity contribution is 6.40. The zero-order chi connectivity index (χ0) is 28.3. The fourth-order valence-corrected chi connectivity index (χ4v) is 5.29. The molecule has 0 aliphatic carbocycles. The number of hydrogen-bond acceptors (Lipinski definition) is 8. The Hall–Kier alpha value is -4.08. The van der Waals surface area contributed by atoms with Crippen molar-refractivity contribution in [3.05, 3.63) is 103 Å². The molecule has 0 saturated carbocycles. The van der Waals surface area contributed by atoms with Crippen LogP contribution in [0.2, 0.25) is 20.1 Å². The molecule has 40 heavy (non-hydrogen) atoms. The third-order valence-electron chi connectivity index (χ3n) is 6.25. The van der Waals surface area contributed by atoms with Crippen LogP contribution in [0.3, 0.4) is 0 Å². The number of hydrogen-bond donors (Lipinski definition) is 2. The Morgan fingerprint density at radius 3 is 1.20 bits per heavy atom. The summed E-state index contributed by atoms with van der Waals surface area (Å²) >= 11 is 26.3. The minimum Gasteiger partial charge on any atom is -0.386 e.